The lowest BCUT2D eigenvalue weighted by Gasteiger charge is -2.32. The highest BCUT2D eigenvalue weighted by Gasteiger charge is 2.24. The van der Waals surface area contributed by atoms with Crippen LogP contribution in [0, 0.1) is 5.92 Å². The summed E-state index contributed by atoms with van der Waals surface area (Å²) in [4.78, 5) is 27.6. The zero-order valence-electron chi connectivity index (χ0n) is 21.3. The molecular formula is C28H28ClN9O. The molecule has 39 heavy (non-hydrogen) atoms. The Kier molecular flexibility index (Phi) is 6.93. The van der Waals surface area contributed by atoms with Crippen LogP contribution in [-0.2, 0) is 19.5 Å². The van der Waals surface area contributed by atoms with Gasteiger partial charge in [-0.25, -0.2) is 19.6 Å². The summed E-state index contributed by atoms with van der Waals surface area (Å²) in [6.07, 6.45) is 7.92. The Balaban J connectivity index is 1.03. The van der Waals surface area contributed by atoms with Gasteiger partial charge in [0.1, 0.15) is 17.5 Å². The molecule has 198 valence electrons. The number of anilines is 1. The monoisotopic (exact) mass is 541 g/mol. The normalized spacial score (nSPS) is 14.2. The van der Waals surface area contributed by atoms with E-state index in [4.69, 9.17) is 17.3 Å². The average Bonchev–Trinajstić information content (AvgIpc) is 3.58. The third-order valence-electron chi connectivity index (χ3n) is 7.26. The van der Waals surface area contributed by atoms with Crippen molar-refractivity contribution in [3.05, 3.63) is 94.8 Å². The van der Waals surface area contributed by atoms with E-state index in [0.717, 1.165) is 48.6 Å². The molecule has 11 heteroatoms. The highest BCUT2D eigenvalue weighted by molar-refractivity contribution is 6.31. The first kappa shape index (κ1) is 25.0. The van der Waals surface area contributed by atoms with E-state index in [2.05, 4.69) is 31.3 Å². The lowest BCUT2D eigenvalue weighted by Crippen LogP contribution is -2.38. The van der Waals surface area contributed by atoms with E-state index in [0.29, 0.717) is 41.6 Å². The molecule has 0 bridgehead atoms. The van der Waals surface area contributed by atoms with Gasteiger partial charge in [-0.05, 0) is 54.5 Å². The molecule has 1 fully saturated rings. The Bertz CT molecular complexity index is 1600. The number of hydrogen-bond donors (Lipinski definition) is 1. The predicted octanol–water partition coefficient (Wildman–Crippen LogP) is 3.84. The Labute approximate surface area is 230 Å². The van der Waals surface area contributed by atoms with Crippen molar-refractivity contribution in [2.45, 2.75) is 32.4 Å². The summed E-state index contributed by atoms with van der Waals surface area (Å²) in [6, 6.07) is 15.8. The quantitative estimate of drug-likeness (QED) is 0.332. The van der Waals surface area contributed by atoms with Gasteiger partial charge in [0, 0.05) is 23.7 Å². The minimum atomic E-state index is 0.0813. The van der Waals surface area contributed by atoms with Gasteiger partial charge in [-0.2, -0.15) is 0 Å². The standard InChI is InChI=1S/C28H28ClN9O/c29-24-4-2-1-3-22(24)13-19-9-11-36(12-10-19)28(39)21-7-5-20(6-8-21)14-38-16-23(34-35-38)15-37-18-33-25-26(30)31-17-32-27(25)37/h1-8,16-19H,9-15H2,(H2,30,31,32). The molecule has 0 atom stereocenters. The second-order valence-corrected chi connectivity index (χ2v) is 10.3. The van der Waals surface area contributed by atoms with Gasteiger partial charge >= 0.3 is 0 Å². The molecule has 2 N–H and O–H groups in total. The Hall–Kier alpha value is -4.31. The van der Waals surface area contributed by atoms with Crippen molar-refractivity contribution in [2.24, 2.45) is 5.92 Å². The van der Waals surface area contributed by atoms with Crippen LogP contribution in [0.2, 0.25) is 5.02 Å². The minimum absolute atomic E-state index is 0.0813. The Morgan fingerprint density at radius 3 is 2.59 bits per heavy atom. The predicted molar refractivity (Wildman–Crippen MR) is 148 cm³/mol. The Morgan fingerprint density at radius 1 is 1.00 bits per heavy atom. The molecule has 1 amide bonds. The van der Waals surface area contributed by atoms with E-state index >= 15 is 0 Å². The number of rotatable bonds is 7. The van der Waals surface area contributed by atoms with Crippen molar-refractivity contribution in [3.63, 3.8) is 0 Å². The number of piperidine rings is 1. The summed E-state index contributed by atoms with van der Waals surface area (Å²) < 4.78 is 3.64. The van der Waals surface area contributed by atoms with Crippen LogP contribution in [0.5, 0.6) is 0 Å². The first-order valence-corrected chi connectivity index (χ1v) is 13.3. The highest BCUT2D eigenvalue weighted by Crippen LogP contribution is 2.26. The van der Waals surface area contributed by atoms with Crippen molar-refractivity contribution in [1.29, 1.82) is 0 Å². The molecule has 0 aliphatic carbocycles. The summed E-state index contributed by atoms with van der Waals surface area (Å²) in [7, 11) is 0. The number of nitrogens with zero attached hydrogens (tertiary/aromatic N) is 8. The zero-order chi connectivity index (χ0) is 26.8. The van der Waals surface area contributed by atoms with Gasteiger partial charge in [-0.1, -0.05) is 47.1 Å². The van der Waals surface area contributed by atoms with E-state index in [9.17, 15) is 4.79 Å². The smallest absolute Gasteiger partial charge is 0.253 e. The van der Waals surface area contributed by atoms with E-state index in [1.165, 1.54) is 11.9 Å². The van der Waals surface area contributed by atoms with Crippen LogP contribution in [0.3, 0.4) is 0 Å². The summed E-state index contributed by atoms with van der Waals surface area (Å²) in [5, 5.41) is 9.36. The number of hydrogen-bond acceptors (Lipinski definition) is 7. The number of carbonyl (C=O) groups is 1. The molecule has 2 aromatic carbocycles. The minimum Gasteiger partial charge on any atom is -0.382 e. The number of carbonyl (C=O) groups excluding carboxylic acids is 1. The Morgan fingerprint density at radius 2 is 1.79 bits per heavy atom. The van der Waals surface area contributed by atoms with Gasteiger partial charge in [0.25, 0.3) is 5.91 Å². The van der Waals surface area contributed by atoms with E-state index in [-0.39, 0.29) is 5.91 Å². The molecule has 3 aromatic heterocycles. The van der Waals surface area contributed by atoms with E-state index < -0.39 is 0 Å². The number of fused-ring (bicyclic) bond motifs is 1. The van der Waals surface area contributed by atoms with E-state index in [1.54, 1.807) is 11.0 Å². The first-order chi connectivity index (χ1) is 19.0. The number of nitrogens with two attached hydrogens (primary N) is 1. The van der Waals surface area contributed by atoms with Crippen LogP contribution in [0.4, 0.5) is 5.82 Å². The van der Waals surface area contributed by atoms with Crippen LogP contribution in [-0.4, -0.2) is 58.4 Å². The molecule has 4 heterocycles. The second kappa shape index (κ2) is 10.8. The zero-order valence-corrected chi connectivity index (χ0v) is 22.1. The fourth-order valence-electron chi connectivity index (χ4n) is 5.11. The van der Waals surface area contributed by atoms with Crippen molar-refractivity contribution >= 4 is 34.5 Å². The SMILES string of the molecule is Nc1ncnc2c1ncn2Cc1cn(Cc2ccc(C(=O)N3CCC(Cc4ccccc4Cl)CC3)cc2)nn1. The van der Waals surface area contributed by atoms with E-state index in [1.807, 2.05) is 58.1 Å². The number of halogens is 1. The second-order valence-electron chi connectivity index (χ2n) is 9.94. The third-order valence-corrected chi connectivity index (χ3v) is 7.63. The molecule has 5 aromatic rings. The molecule has 0 saturated carbocycles. The number of benzene rings is 2. The maximum absolute atomic E-state index is 13.1. The molecule has 0 spiro atoms. The van der Waals surface area contributed by atoms with Crippen molar-refractivity contribution < 1.29 is 4.79 Å². The molecule has 1 saturated heterocycles. The largest absolute Gasteiger partial charge is 0.382 e. The van der Waals surface area contributed by atoms with Crippen molar-refractivity contribution in [3.8, 4) is 0 Å². The summed E-state index contributed by atoms with van der Waals surface area (Å²) in [5.74, 6) is 0.975. The third kappa shape index (κ3) is 5.46. The fourth-order valence-corrected chi connectivity index (χ4v) is 5.33. The van der Waals surface area contributed by atoms with Gasteiger partial charge in [0.05, 0.1) is 25.6 Å². The van der Waals surface area contributed by atoms with Crippen LogP contribution in [0.25, 0.3) is 11.2 Å². The number of amides is 1. The summed E-state index contributed by atoms with van der Waals surface area (Å²) in [6.45, 7) is 2.55. The molecular weight excluding hydrogens is 514 g/mol. The maximum atomic E-state index is 13.1. The molecule has 10 nitrogen and oxygen atoms in total. The highest BCUT2D eigenvalue weighted by atomic mass is 35.5. The fraction of sp³-hybridized carbons (Fsp3) is 0.286. The summed E-state index contributed by atoms with van der Waals surface area (Å²) >= 11 is 6.34. The lowest BCUT2D eigenvalue weighted by atomic mass is 9.90. The van der Waals surface area contributed by atoms with Crippen molar-refractivity contribution in [2.75, 3.05) is 18.8 Å². The molecule has 0 radical (unpaired) electrons. The van der Waals surface area contributed by atoms with Gasteiger partial charge in [0.15, 0.2) is 11.5 Å². The number of imidazole rings is 1. The van der Waals surface area contributed by atoms with Gasteiger partial charge in [-0.3, -0.25) is 4.79 Å². The molecule has 1 aliphatic heterocycles. The average molecular weight is 542 g/mol. The van der Waals surface area contributed by atoms with Crippen LogP contribution < -0.4 is 5.73 Å². The van der Waals surface area contributed by atoms with Crippen LogP contribution in [0.1, 0.15) is 40.0 Å². The van der Waals surface area contributed by atoms with Crippen LogP contribution in [0.15, 0.2) is 67.4 Å². The number of nitrogen functional groups attached to an aromatic ring is 1. The molecule has 0 unspecified atom stereocenters. The number of likely N-dealkylation sites (tertiary alicyclic amines) is 1. The van der Waals surface area contributed by atoms with Gasteiger partial charge in [-0.15, -0.1) is 5.10 Å². The maximum Gasteiger partial charge on any atom is 0.253 e. The molecule has 1 aliphatic rings. The first-order valence-electron chi connectivity index (χ1n) is 13.0. The lowest BCUT2D eigenvalue weighted by molar-refractivity contribution is 0.0690. The van der Waals surface area contributed by atoms with Gasteiger partial charge in [0.2, 0.25) is 0 Å². The topological polar surface area (TPSA) is 121 Å². The number of aromatic nitrogens is 7. The van der Waals surface area contributed by atoms with Gasteiger partial charge < -0.3 is 15.2 Å². The van der Waals surface area contributed by atoms with Crippen molar-refractivity contribution in [1.82, 2.24) is 39.4 Å². The van der Waals surface area contributed by atoms with Crippen LogP contribution >= 0.6 is 11.6 Å². The molecule has 6 rings (SSSR count). The summed E-state index contributed by atoms with van der Waals surface area (Å²) in [5.41, 5.74) is 10.8.